The van der Waals surface area contributed by atoms with E-state index in [4.69, 9.17) is 0 Å². The molecule has 0 aromatic rings. The molecule has 2 atom stereocenters. The molecular weight excluding hydrogens is 200 g/mol. The summed E-state index contributed by atoms with van der Waals surface area (Å²) >= 11 is 0. The Bertz CT molecular complexity index is 179. The Kier molecular flexibility index (Phi) is 6.32. The maximum atomic E-state index is 9.51. The monoisotopic (exact) mass is 228 g/mol. The van der Waals surface area contributed by atoms with Crippen molar-refractivity contribution in [3.63, 3.8) is 0 Å². The Labute approximate surface area is 100 Å². The number of nitrogens with zero attached hydrogens (tertiary/aromatic N) is 1. The van der Waals surface area contributed by atoms with Crippen LogP contribution in [-0.4, -0.2) is 48.3 Å². The molecule has 0 saturated carbocycles. The third-order valence-corrected chi connectivity index (χ3v) is 3.93. The number of piperidine rings is 1. The van der Waals surface area contributed by atoms with Gasteiger partial charge in [-0.1, -0.05) is 13.8 Å². The molecule has 3 nitrogen and oxygen atoms in total. The summed E-state index contributed by atoms with van der Waals surface area (Å²) in [7, 11) is 0. The van der Waals surface area contributed by atoms with Crippen LogP contribution >= 0.6 is 0 Å². The van der Waals surface area contributed by atoms with E-state index in [-0.39, 0.29) is 6.10 Å². The Balaban J connectivity index is 2.20. The van der Waals surface area contributed by atoms with Gasteiger partial charge in [0.1, 0.15) is 0 Å². The highest BCUT2D eigenvalue weighted by Crippen LogP contribution is 2.20. The standard InChI is InChI=1S/C13H28N2O/c1-4-13(16)10-14-11(3)12-6-8-15(5-2)9-7-12/h11-14,16H,4-10H2,1-3H3. The highest BCUT2D eigenvalue weighted by molar-refractivity contribution is 4.79. The van der Waals surface area contributed by atoms with Gasteiger partial charge >= 0.3 is 0 Å². The topological polar surface area (TPSA) is 35.5 Å². The lowest BCUT2D eigenvalue weighted by molar-refractivity contribution is 0.140. The van der Waals surface area contributed by atoms with Crippen LogP contribution in [0.2, 0.25) is 0 Å². The van der Waals surface area contributed by atoms with Gasteiger partial charge in [-0.25, -0.2) is 0 Å². The molecule has 16 heavy (non-hydrogen) atoms. The average molecular weight is 228 g/mol. The normalized spacial score (nSPS) is 23.2. The van der Waals surface area contributed by atoms with Crippen molar-refractivity contribution < 1.29 is 5.11 Å². The number of hydrogen-bond acceptors (Lipinski definition) is 3. The maximum Gasteiger partial charge on any atom is 0.0662 e. The lowest BCUT2D eigenvalue weighted by Gasteiger charge is -2.34. The van der Waals surface area contributed by atoms with Crippen molar-refractivity contribution >= 4 is 0 Å². The van der Waals surface area contributed by atoms with E-state index in [1.807, 2.05) is 6.92 Å². The third-order valence-electron chi connectivity index (χ3n) is 3.93. The zero-order chi connectivity index (χ0) is 12.0. The number of likely N-dealkylation sites (tertiary alicyclic amines) is 1. The minimum absolute atomic E-state index is 0.182. The van der Waals surface area contributed by atoms with E-state index in [1.54, 1.807) is 0 Å². The Hall–Kier alpha value is -0.120. The molecule has 0 bridgehead atoms. The van der Waals surface area contributed by atoms with Crippen molar-refractivity contribution in [2.24, 2.45) is 5.92 Å². The van der Waals surface area contributed by atoms with Gasteiger partial charge in [0.25, 0.3) is 0 Å². The van der Waals surface area contributed by atoms with Crippen LogP contribution in [0.3, 0.4) is 0 Å². The first-order chi connectivity index (χ1) is 7.67. The predicted molar refractivity (Wildman–Crippen MR) is 68.6 cm³/mol. The summed E-state index contributed by atoms with van der Waals surface area (Å²) in [6, 6.07) is 0.542. The molecule has 1 aliphatic rings. The van der Waals surface area contributed by atoms with Gasteiger partial charge in [0.2, 0.25) is 0 Å². The van der Waals surface area contributed by atoms with Crippen molar-refractivity contribution in [1.82, 2.24) is 10.2 Å². The van der Waals surface area contributed by atoms with Crippen LogP contribution in [0, 0.1) is 5.92 Å². The number of aliphatic hydroxyl groups is 1. The van der Waals surface area contributed by atoms with Crippen LogP contribution in [0.25, 0.3) is 0 Å². The molecule has 1 aliphatic heterocycles. The summed E-state index contributed by atoms with van der Waals surface area (Å²) < 4.78 is 0. The first-order valence-electron chi connectivity index (χ1n) is 6.81. The summed E-state index contributed by atoms with van der Waals surface area (Å²) in [6.45, 7) is 10.9. The minimum atomic E-state index is -0.182. The molecule has 0 aromatic heterocycles. The zero-order valence-electron chi connectivity index (χ0n) is 11.1. The van der Waals surface area contributed by atoms with E-state index >= 15 is 0 Å². The number of nitrogens with one attached hydrogen (secondary N) is 1. The summed E-state index contributed by atoms with van der Waals surface area (Å²) in [5, 5.41) is 13.0. The second-order valence-corrected chi connectivity index (χ2v) is 5.03. The first-order valence-corrected chi connectivity index (χ1v) is 6.81. The van der Waals surface area contributed by atoms with Gasteiger partial charge in [-0.3, -0.25) is 0 Å². The van der Waals surface area contributed by atoms with Crippen molar-refractivity contribution in [3.8, 4) is 0 Å². The fourth-order valence-electron chi connectivity index (χ4n) is 2.40. The highest BCUT2D eigenvalue weighted by Gasteiger charge is 2.22. The van der Waals surface area contributed by atoms with E-state index in [0.717, 1.165) is 18.9 Å². The van der Waals surface area contributed by atoms with Crippen LogP contribution < -0.4 is 5.32 Å². The predicted octanol–water partition coefficient (Wildman–Crippen LogP) is 1.47. The second kappa shape index (κ2) is 7.25. The molecule has 0 spiro atoms. The molecule has 1 rings (SSSR count). The zero-order valence-corrected chi connectivity index (χ0v) is 11.1. The second-order valence-electron chi connectivity index (χ2n) is 5.03. The van der Waals surface area contributed by atoms with Crippen LogP contribution in [0.1, 0.15) is 40.0 Å². The molecule has 0 aliphatic carbocycles. The van der Waals surface area contributed by atoms with Gasteiger partial charge in [0.05, 0.1) is 6.10 Å². The van der Waals surface area contributed by atoms with Crippen molar-refractivity contribution in [3.05, 3.63) is 0 Å². The van der Waals surface area contributed by atoms with Crippen LogP contribution in [0.15, 0.2) is 0 Å². The lowest BCUT2D eigenvalue weighted by atomic mass is 9.90. The van der Waals surface area contributed by atoms with E-state index in [1.165, 1.54) is 32.5 Å². The largest absolute Gasteiger partial charge is 0.392 e. The molecular formula is C13H28N2O. The lowest BCUT2D eigenvalue weighted by Crippen LogP contribution is -2.43. The Morgan fingerprint density at radius 3 is 2.44 bits per heavy atom. The Morgan fingerprint density at radius 2 is 1.94 bits per heavy atom. The summed E-state index contributed by atoms with van der Waals surface area (Å²) in [4.78, 5) is 2.52. The summed E-state index contributed by atoms with van der Waals surface area (Å²) in [6.07, 6.45) is 3.25. The van der Waals surface area contributed by atoms with Gasteiger partial charge < -0.3 is 15.3 Å². The van der Waals surface area contributed by atoms with E-state index in [9.17, 15) is 5.11 Å². The smallest absolute Gasteiger partial charge is 0.0662 e. The van der Waals surface area contributed by atoms with Gasteiger partial charge in [-0.15, -0.1) is 0 Å². The van der Waals surface area contributed by atoms with Gasteiger partial charge in [0.15, 0.2) is 0 Å². The van der Waals surface area contributed by atoms with Crippen molar-refractivity contribution in [2.75, 3.05) is 26.2 Å². The van der Waals surface area contributed by atoms with E-state index < -0.39 is 0 Å². The van der Waals surface area contributed by atoms with E-state index in [0.29, 0.717) is 6.04 Å². The molecule has 2 unspecified atom stereocenters. The molecule has 0 radical (unpaired) electrons. The molecule has 1 heterocycles. The molecule has 96 valence electrons. The third kappa shape index (κ3) is 4.40. The molecule has 3 heteroatoms. The number of hydrogen-bond donors (Lipinski definition) is 2. The summed E-state index contributed by atoms with van der Waals surface area (Å²) in [5.41, 5.74) is 0. The minimum Gasteiger partial charge on any atom is -0.392 e. The van der Waals surface area contributed by atoms with Gasteiger partial charge in [-0.05, 0) is 51.7 Å². The average Bonchev–Trinajstić information content (AvgIpc) is 2.35. The molecule has 1 saturated heterocycles. The Morgan fingerprint density at radius 1 is 1.31 bits per heavy atom. The SMILES string of the molecule is CCC(O)CNC(C)C1CCN(CC)CC1. The van der Waals surface area contributed by atoms with Gasteiger partial charge in [-0.2, -0.15) is 0 Å². The molecule has 0 amide bonds. The summed E-state index contributed by atoms with van der Waals surface area (Å²) in [5.74, 6) is 0.784. The van der Waals surface area contributed by atoms with Crippen molar-refractivity contribution in [1.29, 1.82) is 0 Å². The highest BCUT2D eigenvalue weighted by atomic mass is 16.3. The van der Waals surface area contributed by atoms with Crippen molar-refractivity contribution in [2.45, 2.75) is 52.2 Å². The van der Waals surface area contributed by atoms with Crippen LogP contribution in [0.5, 0.6) is 0 Å². The van der Waals surface area contributed by atoms with Crippen LogP contribution in [0.4, 0.5) is 0 Å². The molecule has 0 aromatic carbocycles. The fraction of sp³-hybridized carbons (Fsp3) is 1.00. The maximum absolute atomic E-state index is 9.51. The number of rotatable bonds is 6. The first kappa shape index (κ1) is 13.9. The van der Waals surface area contributed by atoms with Gasteiger partial charge in [0, 0.05) is 12.6 Å². The quantitative estimate of drug-likeness (QED) is 0.722. The number of aliphatic hydroxyl groups excluding tert-OH is 1. The van der Waals surface area contributed by atoms with Crippen LogP contribution in [-0.2, 0) is 0 Å². The molecule has 1 fully saturated rings. The van der Waals surface area contributed by atoms with E-state index in [2.05, 4.69) is 24.1 Å². The molecule has 2 N–H and O–H groups in total. The fourth-order valence-corrected chi connectivity index (χ4v) is 2.40.